The number of amides is 1. The fraction of sp³-hybridized carbons (Fsp3) is 0.318. The number of aryl methyl sites for hydroxylation is 5. The van der Waals surface area contributed by atoms with Gasteiger partial charge in [-0.15, -0.1) is 0 Å². The van der Waals surface area contributed by atoms with Crippen LogP contribution in [0.1, 0.15) is 34.4 Å². The van der Waals surface area contributed by atoms with Crippen molar-refractivity contribution in [1.82, 2.24) is 14.9 Å². The lowest BCUT2D eigenvalue weighted by molar-refractivity contribution is -0.121. The fourth-order valence-corrected chi connectivity index (χ4v) is 3.17. The smallest absolute Gasteiger partial charge is 0.272 e. The van der Waals surface area contributed by atoms with Crippen LogP contribution in [0, 0.1) is 27.7 Å². The van der Waals surface area contributed by atoms with E-state index >= 15 is 0 Å². The number of carbonyl (C=O) groups excluding carboxylic acids is 1. The molecule has 0 atom stereocenters. The van der Waals surface area contributed by atoms with Crippen LogP contribution >= 0.6 is 0 Å². The van der Waals surface area contributed by atoms with Gasteiger partial charge in [0.1, 0.15) is 5.69 Å². The van der Waals surface area contributed by atoms with Crippen molar-refractivity contribution < 1.29 is 4.79 Å². The van der Waals surface area contributed by atoms with Crippen molar-refractivity contribution in [3.05, 3.63) is 74.7 Å². The summed E-state index contributed by atoms with van der Waals surface area (Å²) in [5.74, 6) is -0.0742. The van der Waals surface area contributed by atoms with Crippen molar-refractivity contribution in [3.63, 3.8) is 0 Å². The van der Waals surface area contributed by atoms with Crippen LogP contribution in [0.5, 0.6) is 0 Å². The molecule has 0 unspecified atom stereocenters. The number of nitrogens with zero attached hydrogens (tertiary/aromatic N) is 2. The number of nitrogens with one attached hydrogen (secondary N) is 1. The van der Waals surface area contributed by atoms with Gasteiger partial charge in [-0.25, -0.2) is 4.98 Å². The average molecular weight is 363 g/mol. The normalized spacial score (nSPS) is 11.0. The maximum absolute atomic E-state index is 12.6. The molecular formula is C22H25N3O2. The van der Waals surface area contributed by atoms with Crippen molar-refractivity contribution in [1.29, 1.82) is 0 Å². The molecule has 0 spiro atoms. The van der Waals surface area contributed by atoms with Crippen molar-refractivity contribution >= 4 is 16.9 Å². The topological polar surface area (TPSA) is 64.0 Å². The Balaban J connectivity index is 1.76. The van der Waals surface area contributed by atoms with E-state index in [0.29, 0.717) is 18.8 Å². The van der Waals surface area contributed by atoms with Crippen molar-refractivity contribution in [2.75, 3.05) is 0 Å². The standard InChI is InChI=1S/C22H25N3O2/c1-14-6-5-7-18(10-14)13-23-21(26)8-9-25-20-12-16(3)15(2)11-19(20)24-17(4)22(25)27/h5-7,10-12H,8-9,13H2,1-4H3,(H,23,26). The van der Waals surface area contributed by atoms with Gasteiger partial charge in [0.2, 0.25) is 5.91 Å². The maximum Gasteiger partial charge on any atom is 0.272 e. The Hall–Kier alpha value is -2.95. The van der Waals surface area contributed by atoms with Gasteiger partial charge in [0.25, 0.3) is 5.56 Å². The summed E-state index contributed by atoms with van der Waals surface area (Å²) < 4.78 is 1.66. The summed E-state index contributed by atoms with van der Waals surface area (Å²) in [5.41, 5.74) is 6.34. The zero-order chi connectivity index (χ0) is 19.6. The predicted octanol–water partition coefficient (Wildman–Crippen LogP) is 3.34. The van der Waals surface area contributed by atoms with Gasteiger partial charge >= 0.3 is 0 Å². The van der Waals surface area contributed by atoms with E-state index in [1.54, 1.807) is 11.5 Å². The van der Waals surface area contributed by atoms with Crippen LogP contribution in [-0.4, -0.2) is 15.5 Å². The third-order valence-corrected chi connectivity index (χ3v) is 4.86. The van der Waals surface area contributed by atoms with Crippen LogP contribution in [-0.2, 0) is 17.9 Å². The van der Waals surface area contributed by atoms with E-state index in [0.717, 1.165) is 33.3 Å². The minimum absolute atomic E-state index is 0.0742. The summed E-state index contributed by atoms with van der Waals surface area (Å²) in [4.78, 5) is 29.3. The molecule has 0 aliphatic carbocycles. The second-order valence-corrected chi connectivity index (χ2v) is 7.09. The molecule has 0 saturated carbocycles. The van der Waals surface area contributed by atoms with Gasteiger partial charge in [-0.2, -0.15) is 0 Å². The first-order valence-electron chi connectivity index (χ1n) is 9.16. The molecule has 1 N–H and O–H groups in total. The van der Waals surface area contributed by atoms with Crippen LogP contribution in [0.25, 0.3) is 11.0 Å². The van der Waals surface area contributed by atoms with Gasteiger partial charge in [-0.05, 0) is 56.5 Å². The first-order chi connectivity index (χ1) is 12.8. The molecule has 0 aliphatic heterocycles. The van der Waals surface area contributed by atoms with E-state index in [1.807, 2.05) is 51.1 Å². The second-order valence-electron chi connectivity index (χ2n) is 7.09. The highest BCUT2D eigenvalue weighted by Gasteiger charge is 2.11. The largest absolute Gasteiger partial charge is 0.352 e. The van der Waals surface area contributed by atoms with Gasteiger partial charge in [0.05, 0.1) is 11.0 Å². The number of hydrogen-bond donors (Lipinski definition) is 1. The first kappa shape index (κ1) is 18.8. The molecule has 1 aromatic heterocycles. The van der Waals surface area contributed by atoms with Crippen LogP contribution < -0.4 is 10.9 Å². The van der Waals surface area contributed by atoms with Gasteiger partial charge in [-0.1, -0.05) is 29.8 Å². The number of aromatic nitrogens is 2. The quantitative estimate of drug-likeness (QED) is 0.756. The highest BCUT2D eigenvalue weighted by molar-refractivity contribution is 5.78. The monoisotopic (exact) mass is 363 g/mol. The number of hydrogen-bond acceptors (Lipinski definition) is 3. The van der Waals surface area contributed by atoms with Crippen molar-refractivity contribution in [2.24, 2.45) is 0 Å². The van der Waals surface area contributed by atoms with Gasteiger partial charge < -0.3 is 9.88 Å². The highest BCUT2D eigenvalue weighted by Crippen LogP contribution is 2.17. The molecule has 27 heavy (non-hydrogen) atoms. The van der Waals surface area contributed by atoms with Crippen LogP contribution in [0.15, 0.2) is 41.2 Å². The molecule has 3 aromatic rings. The second kappa shape index (κ2) is 7.74. The molecule has 0 bridgehead atoms. The summed E-state index contributed by atoms with van der Waals surface area (Å²) in [6.07, 6.45) is 0.247. The number of fused-ring (bicyclic) bond motifs is 1. The molecule has 0 fully saturated rings. The molecule has 5 heteroatoms. The van der Waals surface area contributed by atoms with E-state index in [2.05, 4.69) is 16.4 Å². The number of carbonyl (C=O) groups is 1. The molecule has 140 valence electrons. The summed E-state index contributed by atoms with van der Waals surface area (Å²) in [6.45, 7) is 8.60. The maximum atomic E-state index is 12.6. The zero-order valence-electron chi connectivity index (χ0n) is 16.3. The molecule has 1 amide bonds. The Labute approximate surface area is 159 Å². The molecule has 0 radical (unpaired) electrons. The molecule has 0 aliphatic rings. The Morgan fingerprint density at radius 1 is 1.07 bits per heavy atom. The van der Waals surface area contributed by atoms with Gasteiger partial charge in [0, 0.05) is 19.5 Å². The SMILES string of the molecule is Cc1cccc(CNC(=O)CCn2c(=O)c(C)nc3cc(C)c(C)cc32)c1. The lowest BCUT2D eigenvalue weighted by atomic mass is 10.1. The minimum atomic E-state index is -0.141. The summed E-state index contributed by atoms with van der Waals surface area (Å²) in [6, 6.07) is 12.0. The first-order valence-corrected chi connectivity index (χ1v) is 9.16. The average Bonchev–Trinajstić information content (AvgIpc) is 2.62. The van der Waals surface area contributed by atoms with Gasteiger partial charge in [-0.3, -0.25) is 9.59 Å². The Morgan fingerprint density at radius 2 is 1.81 bits per heavy atom. The lowest BCUT2D eigenvalue weighted by Crippen LogP contribution is -2.29. The fourth-order valence-electron chi connectivity index (χ4n) is 3.17. The van der Waals surface area contributed by atoms with Crippen molar-refractivity contribution in [3.8, 4) is 0 Å². The minimum Gasteiger partial charge on any atom is -0.352 e. The van der Waals surface area contributed by atoms with Crippen LogP contribution in [0.3, 0.4) is 0 Å². The lowest BCUT2D eigenvalue weighted by Gasteiger charge is -2.13. The molecular weight excluding hydrogens is 338 g/mol. The van der Waals surface area contributed by atoms with Crippen LogP contribution in [0.2, 0.25) is 0 Å². The molecule has 5 nitrogen and oxygen atoms in total. The number of benzene rings is 2. The molecule has 2 aromatic carbocycles. The van der Waals surface area contributed by atoms with E-state index in [4.69, 9.17) is 0 Å². The highest BCUT2D eigenvalue weighted by atomic mass is 16.1. The predicted molar refractivity (Wildman–Crippen MR) is 108 cm³/mol. The Bertz CT molecular complexity index is 1070. The summed E-state index contributed by atoms with van der Waals surface area (Å²) >= 11 is 0. The third-order valence-electron chi connectivity index (χ3n) is 4.86. The van der Waals surface area contributed by atoms with E-state index in [9.17, 15) is 9.59 Å². The molecule has 3 rings (SSSR count). The summed E-state index contributed by atoms with van der Waals surface area (Å²) in [7, 11) is 0. The van der Waals surface area contributed by atoms with E-state index in [1.165, 1.54) is 0 Å². The summed E-state index contributed by atoms with van der Waals surface area (Å²) in [5, 5.41) is 2.93. The number of rotatable bonds is 5. The van der Waals surface area contributed by atoms with E-state index in [-0.39, 0.29) is 17.9 Å². The third kappa shape index (κ3) is 4.25. The van der Waals surface area contributed by atoms with Crippen molar-refractivity contribution in [2.45, 2.75) is 47.2 Å². The Morgan fingerprint density at radius 3 is 2.56 bits per heavy atom. The van der Waals surface area contributed by atoms with Gasteiger partial charge in [0.15, 0.2) is 0 Å². The Kier molecular flexibility index (Phi) is 5.40. The molecule has 0 saturated heterocycles. The van der Waals surface area contributed by atoms with E-state index < -0.39 is 0 Å². The molecule has 1 heterocycles. The zero-order valence-corrected chi connectivity index (χ0v) is 16.3. The van der Waals surface area contributed by atoms with Crippen LogP contribution in [0.4, 0.5) is 0 Å².